The molecule has 2 aromatic rings. The topological polar surface area (TPSA) is 125 Å². The van der Waals surface area contributed by atoms with Gasteiger partial charge in [-0.3, -0.25) is 4.79 Å². The predicted molar refractivity (Wildman–Crippen MR) is 160 cm³/mol. The molecule has 10 heteroatoms. The second-order valence-electron chi connectivity index (χ2n) is 14.1. The molecule has 1 aliphatic carbocycles. The van der Waals surface area contributed by atoms with E-state index in [2.05, 4.69) is 20.8 Å². The molecule has 234 valence electrons. The molecule has 10 nitrogen and oxygen atoms in total. The Balaban J connectivity index is 1.85. The summed E-state index contributed by atoms with van der Waals surface area (Å²) in [5.74, 6) is 1.16. The van der Waals surface area contributed by atoms with Crippen molar-refractivity contribution in [2.24, 2.45) is 5.92 Å². The molecule has 1 heterocycles. The van der Waals surface area contributed by atoms with Crippen LogP contribution in [0.2, 0.25) is 0 Å². The van der Waals surface area contributed by atoms with Gasteiger partial charge in [-0.25, -0.2) is 4.79 Å². The molecule has 1 aromatic heterocycles. The number of aromatic nitrogens is 2. The predicted octanol–water partition coefficient (Wildman–Crippen LogP) is 6.61. The summed E-state index contributed by atoms with van der Waals surface area (Å²) < 4.78 is 23.5. The van der Waals surface area contributed by atoms with E-state index in [4.69, 9.17) is 18.6 Å². The van der Waals surface area contributed by atoms with Crippen molar-refractivity contribution in [2.75, 3.05) is 6.61 Å². The molecule has 0 saturated heterocycles. The average molecular weight is 587 g/mol. The molecule has 3 rings (SSSR count). The molecule has 1 fully saturated rings. The number of carbonyl (C=O) groups is 2. The van der Waals surface area contributed by atoms with Crippen LogP contribution in [0.5, 0.6) is 5.75 Å². The van der Waals surface area contributed by atoms with Gasteiger partial charge in [0.2, 0.25) is 17.7 Å². The number of hydrogen-bond acceptors (Lipinski definition) is 8. The molecule has 1 aromatic carbocycles. The van der Waals surface area contributed by atoms with Crippen LogP contribution in [0.1, 0.15) is 124 Å². The van der Waals surface area contributed by atoms with Crippen LogP contribution in [0.3, 0.4) is 0 Å². The highest BCUT2D eigenvalue weighted by molar-refractivity contribution is 5.79. The molecule has 1 aliphatic rings. The lowest BCUT2D eigenvalue weighted by Crippen LogP contribution is -2.38. The van der Waals surface area contributed by atoms with E-state index in [-0.39, 0.29) is 35.8 Å². The van der Waals surface area contributed by atoms with Crippen LogP contribution in [0.15, 0.2) is 28.7 Å². The lowest BCUT2D eigenvalue weighted by atomic mass is 9.88. The lowest BCUT2D eigenvalue weighted by Gasteiger charge is -2.25. The zero-order valence-electron chi connectivity index (χ0n) is 26.8. The summed E-state index contributed by atoms with van der Waals surface area (Å²) in [5.41, 5.74) is -0.472. The number of alkyl carbamates (subject to hydrolysis) is 1. The number of hydrogen-bond donors (Lipinski definition) is 2. The SMILES string of the molecule is CC(C)(C)OC[C@H](NC(=O)OC(C)(C)C)c1nnc([C@H](Cc2ccc(OC(C)(C)C)cc2)NC(=O)C2CCCCC2)o1. The second kappa shape index (κ2) is 13.9. The summed E-state index contributed by atoms with van der Waals surface area (Å²) in [6.45, 7) is 17.2. The van der Waals surface area contributed by atoms with Gasteiger partial charge in [0, 0.05) is 12.3 Å². The summed E-state index contributed by atoms with van der Waals surface area (Å²) >= 11 is 0. The Morgan fingerprint density at radius 1 is 0.833 bits per heavy atom. The highest BCUT2D eigenvalue weighted by Gasteiger charge is 2.30. The van der Waals surface area contributed by atoms with E-state index in [1.807, 2.05) is 65.8 Å². The van der Waals surface area contributed by atoms with Gasteiger partial charge in [-0.2, -0.15) is 0 Å². The van der Waals surface area contributed by atoms with Crippen LogP contribution in [0.25, 0.3) is 0 Å². The molecule has 0 radical (unpaired) electrons. The van der Waals surface area contributed by atoms with Crippen molar-refractivity contribution in [2.45, 2.75) is 130 Å². The van der Waals surface area contributed by atoms with Crippen molar-refractivity contribution < 1.29 is 28.2 Å². The number of nitrogens with one attached hydrogen (secondary N) is 2. The van der Waals surface area contributed by atoms with Gasteiger partial charge in [-0.15, -0.1) is 10.2 Å². The lowest BCUT2D eigenvalue weighted by molar-refractivity contribution is -0.126. The van der Waals surface area contributed by atoms with Gasteiger partial charge >= 0.3 is 6.09 Å². The van der Waals surface area contributed by atoms with Crippen LogP contribution >= 0.6 is 0 Å². The molecule has 42 heavy (non-hydrogen) atoms. The standard InChI is InChI=1S/C32H50N4O6/c1-30(2,3)39-20-25(34-29(38)42-32(7,8)9)28-36-35-27(40-28)24(33-26(37)22-13-11-10-12-14-22)19-21-15-17-23(18-16-21)41-31(4,5)6/h15-18,22,24-25H,10-14,19-20H2,1-9H3,(H,33,37)(H,34,38)/t24-,25-/m0/s1. The molecule has 0 bridgehead atoms. The Hall–Kier alpha value is -3.14. The Bertz CT molecular complexity index is 1150. The largest absolute Gasteiger partial charge is 0.488 e. The number of rotatable bonds is 10. The van der Waals surface area contributed by atoms with E-state index in [1.165, 1.54) is 0 Å². The van der Waals surface area contributed by atoms with Crippen LogP contribution in [0.4, 0.5) is 4.79 Å². The quantitative estimate of drug-likeness (QED) is 0.319. The summed E-state index contributed by atoms with van der Waals surface area (Å²) in [5, 5.41) is 14.6. The number of carbonyl (C=O) groups excluding carboxylic acids is 2. The van der Waals surface area contributed by atoms with Gasteiger partial charge in [-0.05, 0) is 92.9 Å². The number of amides is 2. The fourth-order valence-corrected chi connectivity index (χ4v) is 4.62. The van der Waals surface area contributed by atoms with Gasteiger partial charge < -0.3 is 29.3 Å². The van der Waals surface area contributed by atoms with Gasteiger partial charge in [0.05, 0.1) is 12.2 Å². The molecule has 2 N–H and O–H groups in total. The average Bonchev–Trinajstić information content (AvgIpc) is 3.35. The monoisotopic (exact) mass is 586 g/mol. The maximum Gasteiger partial charge on any atom is 0.408 e. The maximum atomic E-state index is 13.3. The summed E-state index contributed by atoms with van der Waals surface area (Å²) in [4.78, 5) is 25.9. The van der Waals surface area contributed by atoms with Crippen molar-refractivity contribution in [3.05, 3.63) is 41.6 Å². The van der Waals surface area contributed by atoms with Crippen molar-refractivity contribution in [1.29, 1.82) is 0 Å². The minimum atomic E-state index is -0.746. The Morgan fingerprint density at radius 2 is 1.43 bits per heavy atom. The van der Waals surface area contributed by atoms with E-state index in [0.29, 0.717) is 6.42 Å². The second-order valence-corrected chi connectivity index (χ2v) is 14.1. The van der Waals surface area contributed by atoms with Crippen molar-refractivity contribution in [3.63, 3.8) is 0 Å². The van der Waals surface area contributed by atoms with Gasteiger partial charge in [0.15, 0.2) is 0 Å². The maximum absolute atomic E-state index is 13.3. The zero-order chi connectivity index (χ0) is 31.1. The van der Waals surface area contributed by atoms with Gasteiger partial charge in [-0.1, -0.05) is 31.4 Å². The van der Waals surface area contributed by atoms with Gasteiger partial charge in [0.1, 0.15) is 29.0 Å². The summed E-state index contributed by atoms with van der Waals surface area (Å²) in [6.07, 6.45) is 4.83. The smallest absolute Gasteiger partial charge is 0.408 e. The highest BCUT2D eigenvalue weighted by atomic mass is 16.6. The molecule has 0 aliphatic heterocycles. The fraction of sp³-hybridized carbons (Fsp3) is 0.688. The Labute approximate surface area is 250 Å². The molecule has 2 atom stereocenters. The first-order chi connectivity index (χ1) is 19.5. The minimum absolute atomic E-state index is 0.00775. The normalized spacial score (nSPS) is 16.4. The Morgan fingerprint density at radius 3 is 1.98 bits per heavy atom. The molecular formula is C32H50N4O6. The zero-order valence-corrected chi connectivity index (χ0v) is 26.8. The highest BCUT2D eigenvalue weighted by Crippen LogP contribution is 2.28. The van der Waals surface area contributed by atoms with Crippen LogP contribution in [-0.4, -0.2) is 45.6 Å². The first-order valence-electron chi connectivity index (χ1n) is 15.0. The van der Waals surface area contributed by atoms with Crippen LogP contribution < -0.4 is 15.4 Å². The number of nitrogens with zero attached hydrogens (tertiary/aromatic N) is 2. The third-order valence-electron chi connectivity index (χ3n) is 6.51. The first kappa shape index (κ1) is 33.4. The fourth-order valence-electron chi connectivity index (χ4n) is 4.62. The third-order valence-corrected chi connectivity index (χ3v) is 6.51. The summed E-state index contributed by atoms with van der Waals surface area (Å²) in [6, 6.07) is 6.49. The van der Waals surface area contributed by atoms with E-state index >= 15 is 0 Å². The van der Waals surface area contributed by atoms with E-state index < -0.39 is 29.4 Å². The molecular weight excluding hydrogens is 536 g/mol. The number of benzene rings is 1. The molecule has 1 saturated carbocycles. The third kappa shape index (κ3) is 11.6. The van der Waals surface area contributed by atoms with E-state index in [0.717, 1.165) is 43.4 Å². The Kier molecular flexibility index (Phi) is 11.0. The molecule has 2 amide bonds. The minimum Gasteiger partial charge on any atom is -0.488 e. The van der Waals surface area contributed by atoms with Crippen LogP contribution in [0, 0.1) is 5.92 Å². The van der Waals surface area contributed by atoms with Crippen molar-refractivity contribution >= 4 is 12.0 Å². The first-order valence-corrected chi connectivity index (χ1v) is 15.0. The number of ether oxygens (including phenoxy) is 3. The van der Waals surface area contributed by atoms with E-state index in [1.54, 1.807) is 20.8 Å². The van der Waals surface area contributed by atoms with E-state index in [9.17, 15) is 9.59 Å². The molecule has 0 unspecified atom stereocenters. The summed E-state index contributed by atoms with van der Waals surface area (Å²) in [7, 11) is 0. The van der Waals surface area contributed by atoms with Gasteiger partial charge in [0.25, 0.3) is 0 Å². The van der Waals surface area contributed by atoms with Crippen LogP contribution in [-0.2, 0) is 20.7 Å². The van der Waals surface area contributed by atoms with Crippen molar-refractivity contribution in [3.8, 4) is 5.75 Å². The van der Waals surface area contributed by atoms with Crippen molar-refractivity contribution in [1.82, 2.24) is 20.8 Å². The molecule has 0 spiro atoms.